The number of hydrogen-bond donors (Lipinski definition) is 1. The van der Waals surface area contributed by atoms with Gasteiger partial charge in [-0.15, -0.1) is 10.2 Å². The lowest BCUT2D eigenvalue weighted by Gasteiger charge is -2.11. The van der Waals surface area contributed by atoms with E-state index in [0.29, 0.717) is 29.1 Å². The van der Waals surface area contributed by atoms with E-state index in [0.717, 1.165) is 27.9 Å². The number of nitrogens with zero attached hydrogens (tertiary/aromatic N) is 5. The average Bonchev–Trinajstić information content (AvgIpc) is 3.44. The standard InChI is InChI=1S/C31H28N6O3S/c1-22-8-11-26(12-9-22)37-30(25-14-16-32-17-15-25)35-36-31(37)41-21-29(38)34-33-19-24-10-13-27(39-2)28(18-24)40-20-23-6-4-3-5-7-23/h3-19H,20-21H2,1-2H3,(H,34,38). The average molecular weight is 565 g/mol. The minimum absolute atomic E-state index is 0.103. The monoisotopic (exact) mass is 564 g/mol. The number of amides is 1. The number of benzene rings is 3. The minimum Gasteiger partial charge on any atom is -0.493 e. The van der Waals surface area contributed by atoms with E-state index in [1.807, 2.05) is 90.4 Å². The fourth-order valence-corrected chi connectivity index (χ4v) is 4.69. The van der Waals surface area contributed by atoms with Gasteiger partial charge in [0, 0.05) is 23.6 Å². The number of aromatic nitrogens is 4. The molecule has 5 aromatic rings. The second-order valence-corrected chi connectivity index (χ2v) is 9.92. The third kappa shape index (κ3) is 7.17. The van der Waals surface area contributed by atoms with Crippen LogP contribution >= 0.6 is 11.8 Å². The number of rotatable bonds is 11. The first kappa shape index (κ1) is 27.6. The summed E-state index contributed by atoms with van der Waals surface area (Å²) in [6, 6.07) is 27.2. The highest BCUT2D eigenvalue weighted by molar-refractivity contribution is 7.99. The molecule has 0 fully saturated rings. The van der Waals surface area contributed by atoms with Gasteiger partial charge in [-0.1, -0.05) is 59.8 Å². The molecule has 0 aliphatic carbocycles. The molecule has 41 heavy (non-hydrogen) atoms. The number of pyridine rings is 1. The van der Waals surface area contributed by atoms with E-state index < -0.39 is 0 Å². The highest BCUT2D eigenvalue weighted by Gasteiger charge is 2.17. The van der Waals surface area contributed by atoms with E-state index in [1.54, 1.807) is 31.8 Å². The topological polar surface area (TPSA) is 104 Å². The maximum Gasteiger partial charge on any atom is 0.250 e. The predicted octanol–water partition coefficient (Wildman–Crippen LogP) is 5.47. The third-order valence-corrected chi connectivity index (χ3v) is 6.95. The molecule has 0 spiro atoms. The summed E-state index contributed by atoms with van der Waals surface area (Å²) in [5, 5.41) is 13.5. The number of carbonyl (C=O) groups excluding carboxylic acids is 1. The molecule has 9 nitrogen and oxygen atoms in total. The minimum atomic E-state index is -0.274. The van der Waals surface area contributed by atoms with E-state index in [9.17, 15) is 4.79 Å². The SMILES string of the molecule is COc1ccc(C=NNC(=O)CSc2nnc(-c3ccncc3)n2-c2ccc(C)cc2)cc1OCc1ccccc1. The van der Waals surface area contributed by atoms with Crippen LogP contribution < -0.4 is 14.9 Å². The maximum atomic E-state index is 12.6. The molecule has 0 aliphatic rings. The molecular weight excluding hydrogens is 536 g/mol. The van der Waals surface area contributed by atoms with Crippen molar-refractivity contribution in [2.45, 2.75) is 18.7 Å². The molecule has 2 heterocycles. The highest BCUT2D eigenvalue weighted by Crippen LogP contribution is 2.29. The smallest absolute Gasteiger partial charge is 0.250 e. The lowest BCUT2D eigenvalue weighted by atomic mass is 10.2. The maximum absolute atomic E-state index is 12.6. The van der Waals surface area contributed by atoms with Crippen molar-refractivity contribution in [2.75, 3.05) is 12.9 Å². The Morgan fingerprint density at radius 1 is 0.976 bits per heavy atom. The van der Waals surface area contributed by atoms with Gasteiger partial charge in [0.2, 0.25) is 0 Å². The molecular formula is C31H28N6O3S. The summed E-state index contributed by atoms with van der Waals surface area (Å²) in [4.78, 5) is 16.7. The molecule has 1 N–H and O–H groups in total. The molecule has 0 saturated carbocycles. The van der Waals surface area contributed by atoms with Crippen LogP contribution in [-0.4, -0.2) is 44.7 Å². The van der Waals surface area contributed by atoms with Gasteiger partial charge in [-0.2, -0.15) is 5.10 Å². The number of nitrogens with one attached hydrogen (secondary N) is 1. The summed E-state index contributed by atoms with van der Waals surface area (Å²) in [7, 11) is 1.59. The van der Waals surface area contributed by atoms with Gasteiger partial charge in [-0.05, 0) is 60.5 Å². The van der Waals surface area contributed by atoms with Crippen LogP contribution in [0.3, 0.4) is 0 Å². The van der Waals surface area contributed by atoms with Gasteiger partial charge in [0.05, 0.1) is 19.1 Å². The van der Waals surface area contributed by atoms with Gasteiger partial charge in [0.25, 0.3) is 5.91 Å². The van der Waals surface area contributed by atoms with Crippen molar-refractivity contribution in [1.29, 1.82) is 0 Å². The van der Waals surface area contributed by atoms with Crippen molar-refractivity contribution in [3.05, 3.63) is 114 Å². The summed E-state index contributed by atoms with van der Waals surface area (Å²) < 4.78 is 13.3. The van der Waals surface area contributed by atoms with Crippen molar-refractivity contribution >= 4 is 23.9 Å². The Labute approximate surface area is 242 Å². The summed E-state index contributed by atoms with van der Waals surface area (Å²) in [6.45, 7) is 2.44. The molecule has 10 heteroatoms. The van der Waals surface area contributed by atoms with Gasteiger partial charge < -0.3 is 9.47 Å². The summed E-state index contributed by atoms with van der Waals surface area (Å²) in [5.74, 6) is 1.70. The fourth-order valence-electron chi connectivity index (χ4n) is 3.94. The van der Waals surface area contributed by atoms with Crippen LogP contribution in [-0.2, 0) is 11.4 Å². The molecule has 0 bridgehead atoms. The zero-order valence-electron chi connectivity index (χ0n) is 22.6. The normalized spacial score (nSPS) is 11.0. The third-order valence-electron chi connectivity index (χ3n) is 6.02. The quantitative estimate of drug-likeness (QED) is 0.129. The van der Waals surface area contributed by atoms with Crippen LogP contribution in [0.1, 0.15) is 16.7 Å². The largest absolute Gasteiger partial charge is 0.493 e. The molecule has 0 radical (unpaired) electrons. The number of aryl methyl sites for hydroxylation is 1. The molecule has 0 atom stereocenters. The van der Waals surface area contributed by atoms with Gasteiger partial charge in [0.1, 0.15) is 6.61 Å². The molecule has 0 unspecified atom stereocenters. The summed E-state index contributed by atoms with van der Waals surface area (Å²) in [5.41, 5.74) is 7.30. The Bertz CT molecular complexity index is 1620. The van der Waals surface area contributed by atoms with Crippen LogP contribution in [0, 0.1) is 6.92 Å². The van der Waals surface area contributed by atoms with Gasteiger partial charge in [0.15, 0.2) is 22.5 Å². The van der Waals surface area contributed by atoms with Crippen LogP contribution in [0.4, 0.5) is 0 Å². The van der Waals surface area contributed by atoms with Gasteiger partial charge >= 0.3 is 0 Å². The van der Waals surface area contributed by atoms with Crippen LogP contribution in [0.5, 0.6) is 11.5 Å². The van der Waals surface area contributed by atoms with E-state index in [1.165, 1.54) is 11.8 Å². The van der Waals surface area contributed by atoms with E-state index >= 15 is 0 Å². The lowest BCUT2D eigenvalue weighted by molar-refractivity contribution is -0.118. The summed E-state index contributed by atoms with van der Waals surface area (Å²) in [6.07, 6.45) is 4.99. The molecule has 2 aromatic heterocycles. The first-order valence-corrected chi connectivity index (χ1v) is 13.8. The Balaban J connectivity index is 1.24. The second kappa shape index (κ2) is 13.4. The Hall–Kier alpha value is -4.96. The Morgan fingerprint density at radius 2 is 1.76 bits per heavy atom. The number of methoxy groups -OCH3 is 1. The highest BCUT2D eigenvalue weighted by atomic mass is 32.2. The van der Waals surface area contributed by atoms with Crippen molar-refractivity contribution in [3.8, 4) is 28.6 Å². The molecule has 3 aromatic carbocycles. The van der Waals surface area contributed by atoms with Crippen LogP contribution in [0.15, 0.2) is 108 Å². The molecule has 0 aliphatic heterocycles. The van der Waals surface area contributed by atoms with E-state index in [-0.39, 0.29) is 11.7 Å². The van der Waals surface area contributed by atoms with E-state index in [2.05, 4.69) is 25.7 Å². The van der Waals surface area contributed by atoms with Crippen LogP contribution in [0.2, 0.25) is 0 Å². The first-order chi connectivity index (χ1) is 20.1. The Kier molecular flexibility index (Phi) is 9.02. The van der Waals surface area contributed by atoms with Crippen molar-refractivity contribution in [2.24, 2.45) is 5.10 Å². The molecule has 206 valence electrons. The van der Waals surface area contributed by atoms with Crippen molar-refractivity contribution in [3.63, 3.8) is 0 Å². The predicted molar refractivity (Wildman–Crippen MR) is 160 cm³/mol. The number of ether oxygens (including phenoxy) is 2. The summed E-state index contributed by atoms with van der Waals surface area (Å²) >= 11 is 1.28. The number of thioether (sulfide) groups is 1. The van der Waals surface area contributed by atoms with Gasteiger partial charge in [-0.25, -0.2) is 5.43 Å². The zero-order valence-corrected chi connectivity index (χ0v) is 23.4. The van der Waals surface area contributed by atoms with Crippen molar-refractivity contribution in [1.82, 2.24) is 25.2 Å². The van der Waals surface area contributed by atoms with Gasteiger partial charge in [-0.3, -0.25) is 14.3 Å². The number of hydrazone groups is 1. The van der Waals surface area contributed by atoms with Crippen molar-refractivity contribution < 1.29 is 14.3 Å². The Morgan fingerprint density at radius 3 is 2.51 bits per heavy atom. The lowest BCUT2D eigenvalue weighted by Crippen LogP contribution is -2.20. The molecule has 5 rings (SSSR count). The second-order valence-electron chi connectivity index (χ2n) is 8.98. The number of hydrogen-bond acceptors (Lipinski definition) is 8. The first-order valence-electron chi connectivity index (χ1n) is 12.8. The zero-order chi connectivity index (χ0) is 28.4. The van der Waals surface area contributed by atoms with E-state index in [4.69, 9.17) is 9.47 Å². The fraction of sp³-hybridized carbons (Fsp3) is 0.129. The molecule has 1 amide bonds. The molecule has 0 saturated heterocycles. The van der Waals surface area contributed by atoms with Crippen LogP contribution in [0.25, 0.3) is 17.1 Å². The number of carbonyl (C=O) groups is 1.